The average Bonchev–Trinajstić information content (AvgIpc) is 2.72. The van der Waals surface area contributed by atoms with Crippen LogP contribution < -0.4 is 5.32 Å². The number of aliphatic carboxylic acids is 1. The molecule has 3 heterocycles. The van der Waals surface area contributed by atoms with Gasteiger partial charge in [-0.1, -0.05) is 45.0 Å². The van der Waals surface area contributed by atoms with Crippen molar-refractivity contribution in [1.82, 2.24) is 14.9 Å². The number of benzene rings is 1. The van der Waals surface area contributed by atoms with Crippen LogP contribution in [0.1, 0.15) is 39.2 Å². The number of likely N-dealkylation sites (tertiary alicyclic amines) is 1. The summed E-state index contributed by atoms with van der Waals surface area (Å²) in [7, 11) is 0. The van der Waals surface area contributed by atoms with Crippen molar-refractivity contribution in [1.29, 1.82) is 0 Å². The first-order valence-corrected chi connectivity index (χ1v) is 11.6. The van der Waals surface area contributed by atoms with E-state index in [1.165, 1.54) is 5.56 Å². The fourth-order valence-electron chi connectivity index (χ4n) is 5.21. The van der Waals surface area contributed by atoms with Gasteiger partial charge in [-0.25, -0.2) is 9.97 Å². The summed E-state index contributed by atoms with van der Waals surface area (Å²) in [6.07, 6.45) is 5.60. The molecule has 0 radical (unpaired) electrons. The van der Waals surface area contributed by atoms with Gasteiger partial charge in [-0.15, -0.1) is 0 Å². The molecule has 0 amide bonds. The Hall–Kier alpha value is -2.12. The van der Waals surface area contributed by atoms with Crippen LogP contribution in [-0.4, -0.2) is 39.0 Å². The Bertz CT molecular complexity index is 922. The number of hydrogen-bond donors (Lipinski definition) is 2. The topological polar surface area (TPSA) is 78.3 Å². The quantitative estimate of drug-likeness (QED) is 0.581. The minimum atomic E-state index is -0.664. The van der Waals surface area contributed by atoms with Crippen molar-refractivity contribution in [2.45, 2.75) is 50.1 Å². The van der Waals surface area contributed by atoms with Crippen LogP contribution in [0.3, 0.4) is 0 Å². The lowest BCUT2D eigenvalue weighted by molar-refractivity contribution is -0.146. The fourth-order valence-corrected chi connectivity index (χ4v) is 6.09. The molecule has 0 bridgehead atoms. The van der Waals surface area contributed by atoms with E-state index in [9.17, 15) is 9.90 Å². The highest BCUT2D eigenvalue weighted by atomic mass is 32.2. The van der Waals surface area contributed by atoms with Crippen LogP contribution in [0.2, 0.25) is 0 Å². The molecule has 1 saturated heterocycles. The SMILES string of the molecule is CCCC1CN(Cc2ccc3c(c2)Nc2nccnc2S3)CC(C)C1C(C)C(=O)O. The van der Waals surface area contributed by atoms with Gasteiger partial charge in [-0.3, -0.25) is 9.69 Å². The zero-order chi connectivity index (χ0) is 21.3. The summed E-state index contributed by atoms with van der Waals surface area (Å²) < 4.78 is 0. The summed E-state index contributed by atoms with van der Waals surface area (Å²) in [5, 5.41) is 13.9. The maximum atomic E-state index is 11.7. The number of carboxylic acids is 1. The first-order chi connectivity index (χ1) is 14.5. The van der Waals surface area contributed by atoms with Crippen molar-refractivity contribution in [3.05, 3.63) is 36.2 Å². The highest BCUT2D eigenvalue weighted by Gasteiger charge is 2.39. The molecule has 2 aromatic rings. The summed E-state index contributed by atoms with van der Waals surface area (Å²) in [5.74, 6) is 0.906. The maximum absolute atomic E-state index is 11.7. The first-order valence-electron chi connectivity index (χ1n) is 10.8. The number of nitrogens with zero attached hydrogens (tertiary/aromatic N) is 3. The first kappa shape index (κ1) is 21.1. The zero-order valence-electron chi connectivity index (χ0n) is 17.8. The summed E-state index contributed by atoms with van der Waals surface area (Å²) >= 11 is 1.65. The minimum absolute atomic E-state index is 0.246. The Morgan fingerprint density at radius 1 is 1.33 bits per heavy atom. The predicted octanol–water partition coefficient (Wildman–Crippen LogP) is 4.89. The third kappa shape index (κ3) is 4.32. The van der Waals surface area contributed by atoms with Crippen LogP contribution >= 0.6 is 11.8 Å². The molecule has 30 heavy (non-hydrogen) atoms. The molecule has 7 heteroatoms. The summed E-state index contributed by atoms with van der Waals surface area (Å²) in [6, 6.07) is 6.57. The number of hydrogen-bond acceptors (Lipinski definition) is 6. The van der Waals surface area contributed by atoms with E-state index in [1.54, 1.807) is 24.2 Å². The molecular weight excluding hydrogens is 396 g/mol. The second-order valence-electron chi connectivity index (χ2n) is 8.69. The third-order valence-corrected chi connectivity index (χ3v) is 7.51. The summed E-state index contributed by atoms with van der Waals surface area (Å²) in [4.78, 5) is 24.1. The van der Waals surface area contributed by atoms with Gasteiger partial charge in [0.2, 0.25) is 0 Å². The van der Waals surface area contributed by atoms with E-state index in [-0.39, 0.29) is 11.8 Å². The molecule has 6 nitrogen and oxygen atoms in total. The number of aromatic nitrogens is 2. The monoisotopic (exact) mass is 426 g/mol. The van der Waals surface area contributed by atoms with Gasteiger partial charge in [-0.2, -0.15) is 0 Å². The fraction of sp³-hybridized carbons (Fsp3) is 0.522. The molecule has 0 spiro atoms. The molecule has 4 rings (SSSR count). The van der Waals surface area contributed by atoms with Gasteiger partial charge in [0.15, 0.2) is 5.82 Å². The maximum Gasteiger partial charge on any atom is 0.306 e. The lowest BCUT2D eigenvalue weighted by Crippen LogP contribution is -2.48. The number of anilines is 2. The van der Waals surface area contributed by atoms with Crippen molar-refractivity contribution in [3.63, 3.8) is 0 Å². The number of rotatable bonds is 6. The van der Waals surface area contributed by atoms with Crippen LogP contribution in [0.4, 0.5) is 11.5 Å². The number of carbonyl (C=O) groups is 1. The number of carboxylic acid groups (broad SMARTS) is 1. The van der Waals surface area contributed by atoms with Gasteiger partial charge in [0.25, 0.3) is 0 Å². The summed E-state index contributed by atoms with van der Waals surface area (Å²) in [5.41, 5.74) is 2.35. The normalized spacial score (nSPS) is 24.4. The number of fused-ring (bicyclic) bond motifs is 2. The molecule has 1 aromatic carbocycles. The molecule has 160 valence electrons. The second-order valence-corrected chi connectivity index (χ2v) is 9.72. The Labute approximate surface area is 182 Å². The highest BCUT2D eigenvalue weighted by molar-refractivity contribution is 7.99. The number of nitrogens with one attached hydrogen (secondary N) is 1. The van der Waals surface area contributed by atoms with E-state index in [2.05, 4.69) is 52.2 Å². The van der Waals surface area contributed by atoms with E-state index in [1.807, 2.05) is 6.92 Å². The average molecular weight is 427 g/mol. The molecule has 2 N–H and O–H groups in total. The molecule has 0 saturated carbocycles. The highest BCUT2D eigenvalue weighted by Crippen LogP contribution is 2.42. The smallest absolute Gasteiger partial charge is 0.306 e. The Morgan fingerprint density at radius 3 is 2.90 bits per heavy atom. The van der Waals surface area contributed by atoms with Crippen molar-refractivity contribution >= 4 is 29.2 Å². The van der Waals surface area contributed by atoms with Gasteiger partial charge in [0, 0.05) is 36.9 Å². The Balaban J connectivity index is 1.48. The lowest BCUT2D eigenvalue weighted by Gasteiger charge is -2.44. The second kappa shape index (κ2) is 8.94. The molecule has 0 aliphatic carbocycles. The molecule has 4 unspecified atom stereocenters. The van der Waals surface area contributed by atoms with E-state index in [4.69, 9.17) is 0 Å². The van der Waals surface area contributed by atoms with Gasteiger partial charge in [0.05, 0.1) is 11.6 Å². The van der Waals surface area contributed by atoms with E-state index >= 15 is 0 Å². The van der Waals surface area contributed by atoms with Crippen LogP contribution in [0.15, 0.2) is 40.5 Å². The zero-order valence-corrected chi connectivity index (χ0v) is 18.7. The summed E-state index contributed by atoms with van der Waals surface area (Å²) in [6.45, 7) is 9.09. The molecule has 1 fully saturated rings. The van der Waals surface area contributed by atoms with E-state index in [0.717, 1.165) is 53.9 Å². The molecular formula is C23H30N4O2S. The lowest BCUT2D eigenvalue weighted by atomic mass is 9.70. The van der Waals surface area contributed by atoms with Gasteiger partial charge in [-0.05, 0) is 41.9 Å². The van der Waals surface area contributed by atoms with Crippen LogP contribution in [-0.2, 0) is 11.3 Å². The molecule has 2 aliphatic rings. The van der Waals surface area contributed by atoms with Crippen molar-refractivity contribution in [2.24, 2.45) is 23.7 Å². The van der Waals surface area contributed by atoms with Crippen LogP contribution in [0, 0.1) is 23.7 Å². The van der Waals surface area contributed by atoms with Crippen molar-refractivity contribution < 1.29 is 9.90 Å². The largest absolute Gasteiger partial charge is 0.481 e. The Kier molecular flexibility index (Phi) is 6.29. The van der Waals surface area contributed by atoms with Gasteiger partial charge >= 0.3 is 5.97 Å². The van der Waals surface area contributed by atoms with Crippen LogP contribution in [0.5, 0.6) is 0 Å². The third-order valence-electron chi connectivity index (χ3n) is 6.44. The van der Waals surface area contributed by atoms with Crippen molar-refractivity contribution in [3.8, 4) is 0 Å². The number of piperidine rings is 1. The van der Waals surface area contributed by atoms with Gasteiger partial charge < -0.3 is 10.4 Å². The van der Waals surface area contributed by atoms with Crippen LogP contribution in [0.25, 0.3) is 0 Å². The standard InChI is InChI=1S/C23H30N4O2S/c1-4-5-17-13-27(11-14(2)20(17)15(3)23(28)29)12-16-6-7-19-18(10-16)26-21-22(30-19)25-9-8-24-21/h6-10,14-15,17,20H,4-5,11-13H2,1-3H3,(H,24,26)(H,28,29). The van der Waals surface area contributed by atoms with Crippen molar-refractivity contribution in [2.75, 3.05) is 18.4 Å². The minimum Gasteiger partial charge on any atom is -0.481 e. The van der Waals surface area contributed by atoms with E-state index in [0.29, 0.717) is 11.8 Å². The Morgan fingerprint density at radius 2 is 2.13 bits per heavy atom. The molecule has 2 aliphatic heterocycles. The molecule has 4 atom stereocenters. The predicted molar refractivity (Wildman–Crippen MR) is 119 cm³/mol. The van der Waals surface area contributed by atoms with Gasteiger partial charge in [0.1, 0.15) is 5.03 Å². The van der Waals surface area contributed by atoms with E-state index < -0.39 is 5.97 Å². The molecule has 1 aromatic heterocycles.